The Hall–Kier alpha value is -2.32. The fourth-order valence-electron chi connectivity index (χ4n) is 1.75. The number of rotatable bonds is 5. The van der Waals surface area contributed by atoms with Gasteiger partial charge in [-0.05, 0) is 23.8 Å². The van der Waals surface area contributed by atoms with Gasteiger partial charge in [-0.1, -0.05) is 41.3 Å². The molecule has 23 heavy (non-hydrogen) atoms. The Kier molecular flexibility index (Phi) is 4.94. The van der Waals surface area contributed by atoms with Gasteiger partial charge in [0.2, 0.25) is 5.13 Å². The first-order valence-corrected chi connectivity index (χ1v) is 8.43. The molecule has 0 bridgehead atoms. The van der Waals surface area contributed by atoms with Crippen LogP contribution in [0.3, 0.4) is 0 Å². The topological polar surface area (TPSA) is 67.8 Å². The Morgan fingerprint density at radius 1 is 1.17 bits per heavy atom. The van der Waals surface area contributed by atoms with Crippen molar-refractivity contribution in [1.82, 2.24) is 15.2 Å². The lowest BCUT2D eigenvalue weighted by molar-refractivity contribution is 0.102. The van der Waals surface area contributed by atoms with Gasteiger partial charge in [0, 0.05) is 23.7 Å². The molecule has 3 aromatic rings. The van der Waals surface area contributed by atoms with Crippen LogP contribution in [-0.4, -0.2) is 21.1 Å². The Labute approximate surface area is 140 Å². The zero-order valence-corrected chi connectivity index (χ0v) is 13.4. The molecule has 0 atom stereocenters. The van der Waals surface area contributed by atoms with Crippen LogP contribution in [0.1, 0.15) is 15.9 Å². The number of hydrogen-bond acceptors (Lipinski definition) is 6. The second kappa shape index (κ2) is 7.30. The summed E-state index contributed by atoms with van der Waals surface area (Å²) in [7, 11) is 0. The van der Waals surface area contributed by atoms with Gasteiger partial charge in [-0.2, -0.15) is 0 Å². The van der Waals surface area contributed by atoms with Gasteiger partial charge in [0.15, 0.2) is 4.34 Å². The first-order valence-electron chi connectivity index (χ1n) is 6.63. The number of benzene rings is 1. The summed E-state index contributed by atoms with van der Waals surface area (Å²) in [4.78, 5) is 15.9. The highest BCUT2D eigenvalue weighted by atomic mass is 32.2. The van der Waals surface area contributed by atoms with E-state index in [0.717, 1.165) is 0 Å². The van der Waals surface area contributed by atoms with Crippen LogP contribution in [0, 0.1) is 5.82 Å². The predicted molar refractivity (Wildman–Crippen MR) is 88.1 cm³/mol. The maximum atomic E-state index is 13.5. The van der Waals surface area contributed by atoms with Gasteiger partial charge in [0.05, 0.1) is 0 Å². The van der Waals surface area contributed by atoms with Crippen molar-refractivity contribution in [2.75, 3.05) is 5.32 Å². The molecule has 1 amide bonds. The molecule has 0 aliphatic carbocycles. The monoisotopic (exact) mass is 346 g/mol. The zero-order valence-electron chi connectivity index (χ0n) is 11.8. The maximum Gasteiger partial charge on any atom is 0.257 e. The summed E-state index contributed by atoms with van der Waals surface area (Å²) in [6, 6.07) is 9.83. The lowest BCUT2D eigenvalue weighted by Gasteiger charge is -2.00. The maximum absolute atomic E-state index is 13.5. The number of nitrogens with zero attached hydrogens (tertiary/aromatic N) is 3. The van der Waals surface area contributed by atoms with Crippen molar-refractivity contribution in [2.24, 2.45) is 0 Å². The second-order valence-electron chi connectivity index (χ2n) is 4.44. The Bertz CT molecular complexity index is 810. The highest BCUT2D eigenvalue weighted by Crippen LogP contribution is 2.29. The molecule has 3 rings (SSSR count). The number of aromatic nitrogens is 3. The van der Waals surface area contributed by atoms with Crippen molar-refractivity contribution in [3.63, 3.8) is 0 Å². The van der Waals surface area contributed by atoms with Crippen LogP contribution in [0.4, 0.5) is 9.52 Å². The highest BCUT2D eigenvalue weighted by Gasteiger charge is 2.11. The largest absolute Gasteiger partial charge is 0.296 e. The van der Waals surface area contributed by atoms with E-state index in [-0.39, 0.29) is 11.7 Å². The molecule has 5 nitrogen and oxygen atoms in total. The number of pyridine rings is 1. The number of hydrogen-bond donors (Lipinski definition) is 1. The average molecular weight is 346 g/mol. The number of nitrogens with one attached hydrogen (secondary N) is 1. The number of carbonyl (C=O) groups is 1. The molecule has 116 valence electrons. The Balaban J connectivity index is 1.60. The molecule has 0 radical (unpaired) electrons. The molecule has 2 heterocycles. The summed E-state index contributed by atoms with van der Waals surface area (Å²) in [5.41, 5.74) is 1.10. The quantitative estimate of drug-likeness (QED) is 0.564. The van der Waals surface area contributed by atoms with E-state index in [1.54, 1.807) is 42.7 Å². The van der Waals surface area contributed by atoms with Crippen molar-refractivity contribution >= 4 is 34.1 Å². The van der Waals surface area contributed by atoms with Crippen molar-refractivity contribution in [3.05, 3.63) is 65.7 Å². The summed E-state index contributed by atoms with van der Waals surface area (Å²) < 4.78 is 14.2. The van der Waals surface area contributed by atoms with E-state index in [2.05, 4.69) is 20.5 Å². The highest BCUT2D eigenvalue weighted by molar-refractivity contribution is 8.00. The van der Waals surface area contributed by atoms with E-state index in [9.17, 15) is 9.18 Å². The second-order valence-corrected chi connectivity index (χ2v) is 6.64. The number of thioether (sulfide) groups is 1. The smallest absolute Gasteiger partial charge is 0.257 e. The van der Waals surface area contributed by atoms with Crippen LogP contribution >= 0.6 is 23.1 Å². The van der Waals surface area contributed by atoms with Gasteiger partial charge in [-0.15, -0.1) is 10.2 Å². The molecule has 0 fully saturated rings. The SMILES string of the molecule is O=C(Nc1nnc(SCc2ccccc2F)s1)c1ccncc1. The van der Waals surface area contributed by atoms with Crippen LogP contribution < -0.4 is 5.32 Å². The molecule has 1 aromatic carbocycles. The lowest BCUT2D eigenvalue weighted by atomic mass is 10.2. The molecule has 0 spiro atoms. The summed E-state index contributed by atoms with van der Waals surface area (Å²) in [5, 5.41) is 11.0. The molecular weight excluding hydrogens is 335 g/mol. The minimum absolute atomic E-state index is 0.240. The number of anilines is 1. The summed E-state index contributed by atoms with van der Waals surface area (Å²) >= 11 is 2.63. The predicted octanol–water partition coefficient (Wildman–Crippen LogP) is 3.62. The normalized spacial score (nSPS) is 10.5. The molecule has 8 heteroatoms. The van der Waals surface area contributed by atoms with Gasteiger partial charge in [-0.3, -0.25) is 15.1 Å². The van der Waals surface area contributed by atoms with Crippen LogP contribution in [0.2, 0.25) is 0 Å². The van der Waals surface area contributed by atoms with Gasteiger partial charge in [0.25, 0.3) is 5.91 Å². The minimum atomic E-state index is -0.269. The standard InChI is InChI=1S/C15H11FN4OS2/c16-12-4-2-1-3-11(12)9-22-15-20-19-14(23-15)18-13(21)10-5-7-17-8-6-10/h1-8H,9H2,(H,18,19,21). The molecule has 0 saturated heterocycles. The number of carbonyl (C=O) groups excluding carboxylic acids is 1. The summed E-state index contributed by atoms with van der Waals surface area (Å²) in [6.07, 6.45) is 3.09. The van der Waals surface area contributed by atoms with Crippen molar-refractivity contribution in [2.45, 2.75) is 10.1 Å². The van der Waals surface area contributed by atoms with Gasteiger partial charge in [0.1, 0.15) is 5.82 Å². The minimum Gasteiger partial charge on any atom is -0.296 e. The van der Waals surface area contributed by atoms with Crippen LogP contribution in [0.15, 0.2) is 53.1 Å². The van der Waals surface area contributed by atoms with Crippen molar-refractivity contribution < 1.29 is 9.18 Å². The van der Waals surface area contributed by atoms with E-state index in [4.69, 9.17) is 0 Å². The fraction of sp³-hybridized carbons (Fsp3) is 0.0667. The Morgan fingerprint density at radius 3 is 2.74 bits per heavy atom. The molecule has 1 N–H and O–H groups in total. The molecular formula is C15H11FN4OS2. The van der Waals surface area contributed by atoms with Crippen molar-refractivity contribution in [1.29, 1.82) is 0 Å². The van der Waals surface area contributed by atoms with E-state index in [1.165, 1.54) is 29.2 Å². The molecule has 0 aliphatic rings. The van der Waals surface area contributed by atoms with Gasteiger partial charge in [-0.25, -0.2) is 4.39 Å². The number of amides is 1. The third kappa shape index (κ3) is 4.11. The van der Waals surface area contributed by atoms with E-state index in [1.807, 2.05) is 0 Å². The van der Waals surface area contributed by atoms with Gasteiger partial charge < -0.3 is 0 Å². The third-order valence-electron chi connectivity index (χ3n) is 2.88. The molecule has 0 aliphatic heterocycles. The molecule has 2 aromatic heterocycles. The summed E-state index contributed by atoms with van der Waals surface area (Å²) in [6.45, 7) is 0. The first-order chi connectivity index (χ1) is 11.2. The fourth-order valence-corrected chi connectivity index (χ4v) is 3.48. The third-order valence-corrected chi connectivity index (χ3v) is 4.90. The average Bonchev–Trinajstić information content (AvgIpc) is 3.02. The zero-order chi connectivity index (χ0) is 16.1. The van der Waals surface area contributed by atoms with Crippen LogP contribution in [0.25, 0.3) is 0 Å². The molecule has 0 unspecified atom stereocenters. The van der Waals surface area contributed by atoms with Crippen LogP contribution in [0.5, 0.6) is 0 Å². The summed E-state index contributed by atoms with van der Waals surface area (Å²) in [5.74, 6) is -0.0514. The van der Waals surface area contributed by atoms with Crippen molar-refractivity contribution in [3.8, 4) is 0 Å². The van der Waals surface area contributed by atoms with E-state index < -0.39 is 0 Å². The van der Waals surface area contributed by atoms with Gasteiger partial charge >= 0.3 is 0 Å². The lowest BCUT2D eigenvalue weighted by Crippen LogP contribution is -2.11. The van der Waals surface area contributed by atoms with E-state index in [0.29, 0.717) is 26.4 Å². The molecule has 0 saturated carbocycles. The first kappa shape index (κ1) is 15.6. The number of halogens is 1. The Morgan fingerprint density at radius 2 is 1.96 bits per heavy atom. The van der Waals surface area contributed by atoms with E-state index >= 15 is 0 Å². The van der Waals surface area contributed by atoms with Crippen LogP contribution in [-0.2, 0) is 5.75 Å².